The summed E-state index contributed by atoms with van der Waals surface area (Å²) in [5.41, 5.74) is 7.01. The maximum atomic E-state index is 5.88. The lowest BCUT2D eigenvalue weighted by Gasteiger charge is -2.25. The molecule has 2 nitrogen and oxygen atoms in total. The first-order chi connectivity index (χ1) is 7.98. The van der Waals surface area contributed by atoms with Crippen molar-refractivity contribution < 1.29 is 4.74 Å². The molecule has 0 saturated heterocycles. The average molecular weight is 256 g/mol. The normalized spacial score (nSPS) is 13.7. The molecule has 0 fully saturated rings. The zero-order chi connectivity index (χ0) is 12.9. The summed E-state index contributed by atoms with van der Waals surface area (Å²) in [6.45, 7) is 4.85. The number of methoxy groups -OCH3 is 1. The molecule has 96 valence electrons. The van der Waals surface area contributed by atoms with Crippen LogP contribution in [0.5, 0.6) is 0 Å². The van der Waals surface area contributed by atoms with Gasteiger partial charge in [0.1, 0.15) is 0 Å². The van der Waals surface area contributed by atoms with Crippen molar-refractivity contribution in [3.63, 3.8) is 0 Å². The fraction of sp³-hybridized carbons (Fsp3) is 0.571. The lowest BCUT2D eigenvalue weighted by molar-refractivity contribution is 0.0125. The summed E-state index contributed by atoms with van der Waals surface area (Å²) in [6.07, 6.45) is 2.02. The van der Waals surface area contributed by atoms with Crippen molar-refractivity contribution >= 4 is 11.6 Å². The minimum absolute atomic E-state index is 0.0835. The Bertz CT molecular complexity index is 335. The van der Waals surface area contributed by atoms with E-state index in [2.05, 4.69) is 26.0 Å². The summed E-state index contributed by atoms with van der Waals surface area (Å²) >= 11 is 5.88. The fourth-order valence-electron chi connectivity index (χ4n) is 1.78. The van der Waals surface area contributed by atoms with E-state index in [9.17, 15) is 0 Å². The molecule has 1 unspecified atom stereocenters. The number of rotatable bonds is 6. The van der Waals surface area contributed by atoms with E-state index in [1.807, 2.05) is 12.1 Å². The maximum Gasteiger partial charge on any atom is 0.0623 e. The molecule has 0 saturated carbocycles. The van der Waals surface area contributed by atoms with Crippen molar-refractivity contribution in [1.29, 1.82) is 0 Å². The van der Waals surface area contributed by atoms with E-state index in [-0.39, 0.29) is 5.60 Å². The Balaban J connectivity index is 2.63. The van der Waals surface area contributed by atoms with Crippen molar-refractivity contribution in [2.45, 2.75) is 38.2 Å². The summed E-state index contributed by atoms with van der Waals surface area (Å²) in [5.74, 6) is 0.377. The second kappa shape index (κ2) is 6.39. The zero-order valence-electron chi connectivity index (χ0n) is 10.9. The van der Waals surface area contributed by atoms with E-state index in [0.29, 0.717) is 12.5 Å². The molecular weight excluding hydrogens is 234 g/mol. The van der Waals surface area contributed by atoms with Crippen LogP contribution in [0.2, 0.25) is 5.02 Å². The smallest absolute Gasteiger partial charge is 0.0623 e. The second-order valence-corrected chi connectivity index (χ2v) is 5.42. The van der Waals surface area contributed by atoms with Crippen LogP contribution in [-0.4, -0.2) is 19.3 Å². The number of hydrogen-bond donors (Lipinski definition) is 1. The Labute approximate surface area is 109 Å². The van der Waals surface area contributed by atoms with E-state index in [1.165, 1.54) is 5.56 Å². The molecule has 0 amide bonds. The Morgan fingerprint density at radius 2 is 1.88 bits per heavy atom. The van der Waals surface area contributed by atoms with Gasteiger partial charge in [0.25, 0.3) is 0 Å². The SMILES string of the molecule is COC(C)(C)CCC(CN)c1ccc(Cl)cc1. The number of benzene rings is 1. The molecule has 2 N–H and O–H groups in total. The zero-order valence-corrected chi connectivity index (χ0v) is 11.6. The van der Waals surface area contributed by atoms with Crippen LogP contribution in [0.3, 0.4) is 0 Å². The van der Waals surface area contributed by atoms with Gasteiger partial charge in [-0.3, -0.25) is 0 Å². The monoisotopic (exact) mass is 255 g/mol. The summed E-state index contributed by atoms with van der Waals surface area (Å²) < 4.78 is 5.43. The molecule has 0 radical (unpaired) electrons. The lowest BCUT2D eigenvalue weighted by atomic mass is 9.90. The van der Waals surface area contributed by atoms with E-state index in [4.69, 9.17) is 22.1 Å². The minimum Gasteiger partial charge on any atom is -0.379 e. The third kappa shape index (κ3) is 4.66. The van der Waals surface area contributed by atoms with Crippen LogP contribution in [0.4, 0.5) is 0 Å². The number of nitrogens with two attached hydrogens (primary N) is 1. The summed E-state index contributed by atoms with van der Waals surface area (Å²) in [6, 6.07) is 7.95. The molecule has 1 aromatic carbocycles. The van der Waals surface area contributed by atoms with Gasteiger partial charge in [0.05, 0.1) is 5.60 Å². The van der Waals surface area contributed by atoms with Gasteiger partial charge >= 0.3 is 0 Å². The van der Waals surface area contributed by atoms with Crippen LogP contribution in [0.15, 0.2) is 24.3 Å². The first kappa shape index (κ1) is 14.5. The summed E-state index contributed by atoms with van der Waals surface area (Å²) in [5, 5.41) is 0.766. The summed E-state index contributed by atoms with van der Waals surface area (Å²) in [7, 11) is 1.75. The van der Waals surface area contributed by atoms with Crippen molar-refractivity contribution in [3.8, 4) is 0 Å². The number of halogens is 1. The molecule has 3 heteroatoms. The highest BCUT2D eigenvalue weighted by atomic mass is 35.5. The van der Waals surface area contributed by atoms with Crippen LogP contribution in [0.1, 0.15) is 38.2 Å². The predicted molar refractivity (Wildman–Crippen MR) is 73.6 cm³/mol. The van der Waals surface area contributed by atoms with Gasteiger partial charge < -0.3 is 10.5 Å². The van der Waals surface area contributed by atoms with Gasteiger partial charge in [-0.25, -0.2) is 0 Å². The van der Waals surface area contributed by atoms with E-state index < -0.39 is 0 Å². The Hall–Kier alpha value is -0.570. The molecule has 0 spiro atoms. The quantitative estimate of drug-likeness (QED) is 0.843. The van der Waals surface area contributed by atoms with Gasteiger partial charge in [0.15, 0.2) is 0 Å². The standard InChI is InChI=1S/C14H22ClNO/c1-14(2,17-3)9-8-12(10-16)11-4-6-13(15)7-5-11/h4-7,12H,8-10,16H2,1-3H3. The van der Waals surface area contributed by atoms with Crippen LogP contribution < -0.4 is 5.73 Å². The van der Waals surface area contributed by atoms with Gasteiger partial charge in [0.2, 0.25) is 0 Å². The van der Waals surface area contributed by atoms with Crippen molar-refractivity contribution in [3.05, 3.63) is 34.9 Å². The first-order valence-electron chi connectivity index (χ1n) is 5.99. The molecular formula is C14H22ClNO. The highest BCUT2D eigenvalue weighted by Crippen LogP contribution is 2.26. The number of ether oxygens (including phenoxy) is 1. The van der Waals surface area contributed by atoms with Crippen molar-refractivity contribution in [1.82, 2.24) is 0 Å². The largest absolute Gasteiger partial charge is 0.379 e. The lowest BCUT2D eigenvalue weighted by Crippen LogP contribution is -2.24. The van der Waals surface area contributed by atoms with Gasteiger partial charge in [-0.2, -0.15) is 0 Å². The summed E-state index contributed by atoms with van der Waals surface area (Å²) in [4.78, 5) is 0. The van der Waals surface area contributed by atoms with Gasteiger partial charge in [0, 0.05) is 12.1 Å². The highest BCUT2D eigenvalue weighted by Gasteiger charge is 2.19. The van der Waals surface area contributed by atoms with Gasteiger partial charge in [-0.05, 0) is 56.8 Å². The topological polar surface area (TPSA) is 35.2 Å². The molecule has 1 atom stereocenters. The van der Waals surface area contributed by atoms with E-state index >= 15 is 0 Å². The first-order valence-corrected chi connectivity index (χ1v) is 6.37. The maximum absolute atomic E-state index is 5.88. The molecule has 0 aliphatic carbocycles. The Morgan fingerprint density at radius 1 is 1.29 bits per heavy atom. The van der Waals surface area contributed by atoms with Crippen LogP contribution in [0, 0.1) is 0 Å². The van der Waals surface area contributed by atoms with Gasteiger partial charge in [-0.1, -0.05) is 23.7 Å². The van der Waals surface area contributed by atoms with Crippen LogP contribution in [-0.2, 0) is 4.74 Å². The van der Waals surface area contributed by atoms with E-state index in [1.54, 1.807) is 7.11 Å². The van der Waals surface area contributed by atoms with Crippen molar-refractivity contribution in [2.75, 3.05) is 13.7 Å². The third-order valence-corrected chi connectivity index (χ3v) is 3.53. The van der Waals surface area contributed by atoms with Crippen LogP contribution >= 0.6 is 11.6 Å². The highest BCUT2D eigenvalue weighted by molar-refractivity contribution is 6.30. The average Bonchev–Trinajstić information content (AvgIpc) is 2.32. The van der Waals surface area contributed by atoms with E-state index in [0.717, 1.165) is 17.9 Å². The molecule has 0 aliphatic heterocycles. The molecule has 17 heavy (non-hydrogen) atoms. The molecule has 0 aromatic heterocycles. The molecule has 1 rings (SSSR count). The van der Waals surface area contributed by atoms with Gasteiger partial charge in [-0.15, -0.1) is 0 Å². The second-order valence-electron chi connectivity index (χ2n) is 4.99. The fourth-order valence-corrected chi connectivity index (χ4v) is 1.91. The molecule has 0 heterocycles. The number of hydrogen-bond acceptors (Lipinski definition) is 2. The third-order valence-electron chi connectivity index (χ3n) is 3.27. The van der Waals surface area contributed by atoms with Crippen molar-refractivity contribution in [2.24, 2.45) is 5.73 Å². The molecule has 0 bridgehead atoms. The molecule has 1 aromatic rings. The minimum atomic E-state index is -0.0835. The predicted octanol–water partition coefficient (Wildman–Crippen LogP) is 3.59. The van der Waals surface area contributed by atoms with Crippen LogP contribution in [0.25, 0.3) is 0 Å². The molecule has 0 aliphatic rings. The Morgan fingerprint density at radius 3 is 2.35 bits per heavy atom. The Kier molecular flexibility index (Phi) is 5.44.